The summed E-state index contributed by atoms with van der Waals surface area (Å²) in [6, 6.07) is 21.2. The van der Waals surface area contributed by atoms with Crippen LogP contribution >= 0.6 is 23.2 Å². The highest BCUT2D eigenvalue weighted by Crippen LogP contribution is 2.30. The van der Waals surface area contributed by atoms with Crippen LogP contribution in [0.2, 0.25) is 0 Å². The van der Waals surface area contributed by atoms with E-state index in [2.05, 4.69) is 15.0 Å². The van der Waals surface area contributed by atoms with Gasteiger partial charge in [-0.25, -0.2) is 15.0 Å². The molecule has 0 bridgehead atoms. The number of hydrogen-bond donors (Lipinski definition) is 0. The molecule has 32 heavy (non-hydrogen) atoms. The van der Waals surface area contributed by atoms with Crippen LogP contribution in [0, 0.1) is 0 Å². The summed E-state index contributed by atoms with van der Waals surface area (Å²) < 4.78 is 5.24. The Morgan fingerprint density at radius 3 is 1.59 bits per heavy atom. The molecule has 0 aliphatic rings. The molecule has 0 fully saturated rings. The van der Waals surface area contributed by atoms with Gasteiger partial charge in [0.15, 0.2) is 0 Å². The van der Waals surface area contributed by atoms with Gasteiger partial charge in [0.25, 0.3) is 10.5 Å². The predicted molar refractivity (Wildman–Crippen MR) is 123 cm³/mol. The van der Waals surface area contributed by atoms with Crippen LogP contribution in [0.1, 0.15) is 21.0 Å². The molecule has 8 heteroatoms. The third-order valence-electron chi connectivity index (χ3n) is 4.67. The van der Waals surface area contributed by atoms with E-state index in [0.29, 0.717) is 22.8 Å². The van der Waals surface area contributed by atoms with Crippen molar-refractivity contribution in [2.45, 2.75) is 0 Å². The van der Waals surface area contributed by atoms with Gasteiger partial charge in [-0.2, -0.15) is 0 Å². The van der Waals surface area contributed by atoms with Gasteiger partial charge in [0, 0.05) is 0 Å². The number of carbonyl (C=O) groups is 2. The van der Waals surface area contributed by atoms with Crippen LogP contribution < -0.4 is 4.74 Å². The second-order valence-corrected chi connectivity index (χ2v) is 7.40. The second-order valence-electron chi connectivity index (χ2n) is 6.72. The molecular weight excluding hydrogens is 449 g/mol. The second kappa shape index (κ2) is 9.26. The maximum Gasteiger partial charge on any atom is 0.270 e. The van der Waals surface area contributed by atoms with Gasteiger partial charge >= 0.3 is 0 Å². The molecule has 0 saturated heterocycles. The average Bonchev–Trinajstić information content (AvgIpc) is 2.84. The molecule has 0 aliphatic carbocycles. The smallest absolute Gasteiger partial charge is 0.270 e. The van der Waals surface area contributed by atoms with Crippen LogP contribution in [0.15, 0.2) is 72.8 Å². The standard InChI is InChI=1S/C24H15Cl2N3O3/c1-32-16-10-8-14(9-11-16)15-12-21(17-4-2-6-19(27-17)23(25)30)29-22(13-15)18-5-3-7-20(28-18)24(26)31/h2-13H,1H3. The van der Waals surface area contributed by atoms with Crippen LogP contribution in [0.3, 0.4) is 0 Å². The Kier molecular flexibility index (Phi) is 6.25. The van der Waals surface area contributed by atoms with Crippen molar-refractivity contribution in [1.82, 2.24) is 15.0 Å². The molecule has 4 aromatic rings. The lowest BCUT2D eigenvalue weighted by Crippen LogP contribution is -2.00. The van der Waals surface area contributed by atoms with Crippen molar-refractivity contribution in [2.75, 3.05) is 7.11 Å². The maximum absolute atomic E-state index is 11.6. The van der Waals surface area contributed by atoms with Crippen molar-refractivity contribution in [1.29, 1.82) is 0 Å². The number of ether oxygens (including phenoxy) is 1. The summed E-state index contributed by atoms with van der Waals surface area (Å²) in [4.78, 5) is 36.5. The number of methoxy groups -OCH3 is 1. The summed E-state index contributed by atoms with van der Waals surface area (Å²) in [6.07, 6.45) is 0. The number of rotatable bonds is 6. The molecule has 0 atom stereocenters. The van der Waals surface area contributed by atoms with Gasteiger partial charge in [-0.3, -0.25) is 9.59 Å². The van der Waals surface area contributed by atoms with Gasteiger partial charge in [0.2, 0.25) is 0 Å². The zero-order valence-corrected chi connectivity index (χ0v) is 18.3. The highest BCUT2D eigenvalue weighted by molar-refractivity contribution is 6.67. The largest absolute Gasteiger partial charge is 0.497 e. The van der Waals surface area contributed by atoms with Crippen molar-refractivity contribution in [2.24, 2.45) is 0 Å². The van der Waals surface area contributed by atoms with E-state index < -0.39 is 10.5 Å². The predicted octanol–water partition coefficient (Wildman–Crippen LogP) is 5.64. The van der Waals surface area contributed by atoms with Crippen molar-refractivity contribution in [3.63, 3.8) is 0 Å². The molecule has 0 amide bonds. The summed E-state index contributed by atoms with van der Waals surface area (Å²) in [6.45, 7) is 0. The van der Waals surface area contributed by atoms with Gasteiger partial charge in [-0.15, -0.1) is 0 Å². The van der Waals surface area contributed by atoms with Gasteiger partial charge in [-0.1, -0.05) is 24.3 Å². The number of carbonyl (C=O) groups excluding carboxylic acids is 2. The first kappa shape index (κ1) is 21.6. The van der Waals surface area contributed by atoms with E-state index in [1.54, 1.807) is 31.4 Å². The Labute approximate surface area is 193 Å². The minimum absolute atomic E-state index is 0.121. The first-order valence-corrected chi connectivity index (χ1v) is 10.2. The number of hydrogen-bond acceptors (Lipinski definition) is 6. The Hall–Kier alpha value is -3.61. The Morgan fingerprint density at radius 1 is 0.656 bits per heavy atom. The SMILES string of the molecule is COc1ccc(-c2cc(-c3cccc(C(=O)Cl)n3)nc(-c3cccc(C(=O)Cl)n3)c2)cc1. The molecule has 4 rings (SSSR count). The molecule has 6 nitrogen and oxygen atoms in total. The van der Waals surface area contributed by atoms with Crippen LogP contribution in [-0.2, 0) is 0 Å². The van der Waals surface area contributed by atoms with Crippen LogP contribution in [-0.4, -0.2) is 32.5 Å². The molecule has 0 saturated carbocycles. The topological polar surface area (TPSA) is 82.0 Å². The van der Waals surface area contributed by atoms with Crippen LogP contribution in [0.25, 0.3) is 33.9 Å². The molecule has 158 valence electrons. The summed E-state index contributed by atoms with van der Waals surface area (Å²) in [7, 11) is 1.60. The molecule has 0 N–H and O–H groups in total. The minimum Gasteiger partial charge on any atom is -0.497 e. The first-order chi connectivity index (χ1) is 15.4. The summed E-state index contributed by atoms with van der Waals surface area (Å²) in [5.41, 5.74) is 3.95. The minimum atomic E-state index is -0.659. The fraction of sp³-hybridized carbons (Fsp3) is 0.0417. The van der Waals surface area contributed by atoms with E-state index in [1.165, 1.54) is 12.1 Å². The van der Waals surface area contributed by atoms with Crippen molar-refractivity contribution >= 4 is 33.7 Å². The molecule has 0 unspecified atom stereocenters. The van der Waals surface area contributed by atoms with E-state index >= 15 is 0 Å². The maximum atomic E-state index is 11.6. The van der Waals surface area contributed by atoms with Crippen LogP contribution in [0.5, 0.6) is 5.75 Å². The van der Waals surface area contributed by atoms with Crippen molar-refractivity contribution in [3.05, 3.63) is 84.2 Å². The normalized spacial score (nSPS) is 10.6. The van der Waals surface area contributed by atoms with Crippen LogP contribution in [0.4, 0.5) is 0 Å². The molecule has 0 spiro atoms. The number of benzene rings is 1. The Morgan fingerprint density at radius 2 is 1.16 bits per heavy atom. The third-order valence-corrected chi connectivity index (χ3v) is 5.06. The van der Waals surface area contributed by atoms with E-state index in [1.807, 2.05) is 36.4 Å². The number of halogens is 2. The quantitative estimate of drug-likeness (QED) is 0.344. The lowest BCUT2D eigenvalue weighted by atomic mass is 10.0. The van der Waals surface area contributed by atoms with Gasteiger partial charge < -0.3 is 4.74 Å². The van der Waals surface area contributed by atoms with E-state index in [4.69, 9.17) is 27.9 Å². The van der Waals surface area contributed by atoms with Gasteiger partial charge in [0.05, 0.1) is 29.9 Å². The van der Waals surface area contributed by atoms with E-state index in [-0.39, 0.29) is 11.4 Å². The third kappa shape index (κ3) is 4.66. The summed E-state index contributed by atoms with van der Waals surface area (Å²) in [5, 5.41) is -1.32. The molecule has 1 aromatic carbocycles. The highest BCUT2D eigenvalue weighted by atomic mass is 35.5. The monoisotopic (exact) mass is 463 g/mol. The number of pyridine rings is 3. The van der Waals surface area contributed by atoms with Crippen molar-refractivity contribution in [3.8, 4) is 39.7 Å². The Bertz CT molecular complexity index is 1250. The molecule has 0 radical (unpaired) electrons. The van der Waals surface area contributed by atoms with E-state index in [9.17, 15) is 9.59 Å². The molecule has 3 heterocycles. The lowest BCUT2D eigenvalue weighted by Gasteiger charge is -2.10. The zero-order chi connectivity index (χ0) is 22.7. The average molecular weight is 464 g/mol. The highest BCUT2D eigenvalue weighted by Gasteiger charge is 2.14. The molecular formula is C24H15Cl2N3O3. The molecule has 3 aromatic heterocycles. The van der Waals surface area contributed by atoms with Crippen molar-refractivity contribution < 1.29 is 14.3 Å². The molecule has 0 aliphatic heterocycles. The zero-order valence-electron chi connectivity index (χ0n) is 16.8. The number of aromatic nitrogens is 3. The van der Waals surface area contributed by atoms with Gasteiger partial charge in [-0.05, 0) is 82.9 Å². The van der Waals surface area contributed by atoms with E-state index in [0.717, 1.165) is 16.9 Å². The summed E-state index contributed by atoms with van der Waals surface area (Å²) >= 11 is 11.2. The summed E-state index contributed by atoms with van der Waals surface area (Å²) in [5.74, 6) is 0.730. The fourth-order valence-corrected chi connectivity index (χ4v) is 3.33. The lowest BCUT2D eigenvalue weighted by molar-refractivity contribution is 0.106. The fourth-order valence-electron chi connectivity index (χ4n) is 3.12. The first-order valence-electron chi connectivity index (χ1n) is 9.45. The number of nitrogens with zero attached hydrogens (tertiary/aromatic N) is 3. The Balaban J connectivity index is 1.90. The van der Waals surface area contributed by atoms with Gasteiger partial charge in [0.1, 0.15) is 17.1 Å².